The van der Waals surface area contributed by atoms with Crippen LogP contribution >= 0.6 is 0 Å². The van der Waals surface area contributed by atoms with Gasteiger partial charge in [0.25, 0.3) is 0 Å². The second-order valence-corrected chi connectivity index (χ2v) is 8.56. The largest absolute Gasteiger partial charge is 0.204 e. The Kier molecular flexibility index (Phi) is 6.90. The highest BCUT2D eigenvalue weighted by molar-refractivity contribution is 5.22. The highest BCUT2D eigenvalue weighted by Crippen LogP contribution is 2.44. The molecule has 2 heteroatoms. The summed E-state index contributed by atoms with van der Waals surface area (Å²) in [6.07, 6.45) is 16.2. The van der Waals surface area contributed by atoms with Gasteiger partial charge in [-0.3, -0.25) is 0 Å². The van der Waals surface area contributed by atoms with Gasteiger partial charge in [-0.2, -0.15) is 0 Å². The molecule has 3 rings (SSSR count). The van der Waals surface area contributed by atoms with Gasteiger partial charge in [-0.05, 0) is 79.9 Å². The third-order valence-electron chi connectivity index (χ3n) is 6.96. The first-order valence-electron chi connectivity index (χ1n) is 10.6. The van der Waals surface area contributed by atoms with Crippen molar-refractivity contribution in [2.24, 2.45) is 17.8 Å². The maximum absolute atomic E-state index is 13.5. The van der Waals surface area contributed by atoms with Gasteiger partial charge in [-0.25, -0.2) is 8.78 Å². The number of unbranched alkanes of at least 4 members (excludes halogenated alkanes) is 2. The molecule has 0 aliphatic heterocycles. The quantitative estimate of drug-likeness (QED) is 0.464. The Hall–Kier alpha value is -0.920. The van der Waals surface area contributed by atoms with Crippen molar-refractivity contribution in [3.05, 3.63) is 35.4 Å². The van der Waals surface area contributed by atoms with Crippen molar-refractivity contribution in [1.82, 2.24) is 0 Å². The summed E-state index contributed by atoms with van der Waals surface area (Å²) in [5.74, 6) is 1.79. The van der Waals surface area contributed by atoms with Crippen molar-refractivity contribution in [2.45, 2.75) is 89.9 Å². The third-order valence-corrected chi connectivity index (χ3v) is 6.96. The lowest BCUT2D eigenvalue weighted by atomic mass is 9.68. The van der Waals surface area contributed by atoms with Gasteiger partial charge in [0.2, 0.25) is 0 Å². The van der Waals surface area contributed by atoms with Gasteiger partial charge in [0, 0.05) is 0 Å². The summed E-state index contributed by atoms with van der Waals surface area (Å²) in [6, 6.07) is 4.49. The Balaban J connectivity index is 1.43. The van der Waals surface area contributed by atoms with Gasteiger partial charge < -0.3 is 0 Å². The van der Waals surface area contributed by atoms with Crippen LogP contribution in [0.2, 0.25) is 0 Å². The first kappa shape index (κ1) is 18.9. The van der Waals surface area contributed by atoms with Crippen molar-refractivity contribution in [2.75, 3.05) is 0 Å². The highest BCUT2D eigenvalue weighted by Gasteiger charge is 2.31. The van der Waals surface area contributed by atoms with Crippen LogP contribution in [0.25, 0.3) is 0 Å². The maximum atomic E-state index is 13.5. The van der Waals surface area contributed by atoms with Gasteiger partial charge in [-0.15, -0.1) is 0 Å². The molecule has 0 saturated heterocycles. The SMILES string of the molecule is CCCCC[C@H]1CC[C@H]([C@H]2CC[C@H](c3ccc(F)c(F)c3)CC2)CC1. The van der Waals surface area contributed by atoms with Crippen LogP contribution in [-0.4, -0.2) is 0 Å². The summed E-state index contributed by atoms with van der Waals surface area (Å²) in [4.78, 5) is 0. The van der Waals surface area contributed by atoms with Crippen LogP contribution in [0.5, 0.6) is 0 Å². The number of hydrogen-bond acceptors (Lipinski definition) is 0. The molecule has 25 heavy (non-hydrogen) atoms. The van der Waals surface area contributed by atoms with Gasteiger partial charge in [-0.1, -0.05) is 51.5 Å². The van der Waals surface area contributed by atoms with Crippen LogP contribution < -0.4 is 0 Å². The molecule has 2 aliphatic rings. The molecular formula is C23H34F2. The fourth-order valence-corrected chi connectivity index (χ4v) is 5.32. The minimum atomic E-state index is -0.729. The first-order valence-corrected chi connectivity index (χ1v) is 10.6. The van der Waals surface area contributed by atoms with E-state index in [0.717, 1.165) is 36.2 Å². The minimum absolute atomic E-state index is 0.428. The smallest absolute Gasteiger partial charge is 0.159 e. The summed E-state index contributed by atoms with van der Waals surface area (Å²) in [7, 11) is 0. The second kappa shape index (κ2) is 9.14. The van der Waals surface area contributed by atoms with Crippen molar-refractivity contribution in [3.63, 3.8) is 0 Å². The lowest BCUT2D eigenvalue weighted by Gasteiger charge is -2.38. The fraction of sp³-hybridized carbons (Fsp3) is 0.739. The van der Waals surface area contributed by atoms with E-state index in [1.54, 1.807) is 6.07 Å². The average Bonchev–Trinajstić information content (AvgIpc) is 2.65. The molecule has 0 aromatic heterocycles. The molecule has 2 saturated carbocycles. The standard InChI is InChI=1S/C23H34F2/c1-2-3-4-5-17-6-8-18(9-7-17)19-10-12-20(13-11-19)21-14-15-22(24)23(25)16-21/h14-20H,2-13H2,1H3/t17-,18-,19-,20-. The van der Waals surface area contributed by atoms with Gasteiger partial charge in [0.05, 0.1) is 0 Å². The van der Waals surface area contributed by atoms with Crippen LogP contribution in [0.4, 0.5) is 8.78 Å². The molecule has 1 aromatic rings. The van der Waals surface area contributed by atoms with Crippen molar-refractivity contribution in [3.8, 4) is 0 Å². The van der Waals surface area contributed by atoms with E-state index in [1.165, 1.54) is 76.3 Å². The Labute approximate surface area is 152 Å². The van der Waals surface area contributed by atoms with Crippen LogP contribution in [0.3, 0.4) is 0 Å². The second-order valence-electron chi connectivity index (χ2n) is 8.56. The highest BCUT2D eigenvalue weighted by atomic mass is 19.2. The van der Waals surface area contributed by atoms with E-state index in [-0.39, 0.29) is 0 Å². The number of benzene rings is 1. The lowest BCUT2D eigenvalue weighted by Crippen LogP contribution is -2.25. The Bertz CT molecular complexity index is 523. The summed E-state index contributed by atoms with van der Waals surface area (Å²) >= 11 is 0. The Morgan fingerprint density at radius 2 is 1.44 bits per heavy atom. The average molecular weight is 349 g/mol. The Morgan fingerprint density at radius 1 is 0.800 bits per heavy atom. The number of hydrogen-bond donors (Lipinski definition) is 0. The molecule has 0 N–H and O–H groups in total. The predicted octanol–water partition coefficient (Wildman–Crippen LogP) is 7.63. The normalized spacial score (nSPS) is 30.4. The molecule has 0 nitrogen and oxygen atoms in total. The first-order chi connectivity index (χ1) is 12.2. The molecule has 0 spiro atoms. The minimum Gasteiger partial charge on any atom is -0.204 e. The molecule has 140 valence electrons. The lowest BCUT2D eigenvalue weighted by molar-refractivity contribution is 0.155. The van der Waals surface area contributed by atoms with Crippen molar-refractivity contribution >= 4 is 0 Å². The fourth-order valence-electron chi connectivity index (χ4n) is 5.32. The predicted molar refractivity (Wildman–Crippen MR) is 101 cm³/mol. The zero-order chi connectivity index (χ0) is 17.6. The van der Waals surface area contributed by atoms with Crippen molar-refractivity contribution < 1.29 is 8.78 Å². The summed E-state index contributed by atoms with van der Waals surface area (Å²) in [6.45, 7) is 2.29. The van der Waals surface area contributed by atoms with E-state index in [1.807, 2.05) is 0 Å². The van der Waals surface area contributed by atoms with E-state index in [2.05, 4.69) is 6.92 Å². The summed E-state index contributed by atoms with van der Waals surface area (Å²) in [5.41, 5.74) is 0.997. The van der Waals surface area contributed by atoms with Crippen LogP contribution in [0.15, 0.2) is 18.2 Å². The van der Waals surface area contributed by atoms with Crippen LogP contribution in [0.1, 0.15) is 95.5 Å². The summed E-state index contributed by atoms with van der Waals surface area (Å²) in [5, 5.41) is 0. The molecule has 0 bridgehead atoms. The summed E-state index contributed by atoms with van der Waals surface area (Å²) < 4.78 is 26.6. The van der Waals surface area contributed by atoms with Gasteiger partial charge in [0.15, 0.2) is 11.6 Å². The van der Waals surface area contributed by atoms with E-state index >= 15 is 0 Å². The van der Waals surface area contributed by atoms with E-state index in [0.29, 0.717) is 5.92 Å². The molecule has 0 unspecified atom stereocenters. The monoisotopic (exact) mass is 348 g/mol. The molecule has 0 amide bonds. The van der Waals surface area contributed by atoms with E-state index in [4.69, 9.17) is 0 Å². The van der Waals surface area contributed by atoms with E-state index in [9.17, 15) is 8.78 Å². The van der Waals surface area contributed by atoms with Gasteiger partial charge in [0.1, 0.15) is 0 Å². The molecule has 1 aromatic carbocycles. The zero-order valence-corrected chi connectivity index (χ0v) is 15.8. The van der Waals surface area contributed by atoms with Crippen LogP contribution in [0, 0.1) is 29.4 Å². The molecule has 0 radical (unpaired) electrons. The molecule has 0 heterocycles. The van der Waals surface area contributed by atoms with Crippen LogP contribution in [-0.2, 0) is 0 Å². The molecule has 2 aliphatic carbocycles. The van der Waals surface area contributed by atoms with E-state index < -0.39 is 11.6 Å². The van der Waals surface area contributed by atoms with Gasteiger partial charge >= 0.3 is 0 Å². The molecular weight excluding hydrogens is 314 g/mol. The zero-order valence-electron chi connectivity index (χ0n) is 15.8. The Morgan fingerprint density at radius 3 is 2.04 bits per heavy atom. The number of rotatable bonds is 6. The third kappa shape index (κ3) is 5.05. The maximum Gasteiger partial charge on any atom is 0.159 e. The molecule has 0 atom stereocenters. The topological polar surface area (TPSA) is 0 Å². The molecule has 2 fully saturated rings. The number of halogens is 2. The van der Waals surface area contributed by atoms with Crippen molar-refractivity contribution in [1.29, 1.82) is 0 Å².